The van der Waals surface area contributed by atoms with Crippen LogP contribution in [0.2, 0.25) is 0 Å². The number of nitrogens with zero attached hydrogens (tertiary/aromatic N) is 3. The average molecular weight is 530 g/mol. The second kappa shape index (κ2) is 11.3. The maximum absolute atomic E-state index is 14.0. The number of aryl methyl sites for hydroxylation is 2. The van der Waals surface area contributed by atoms with Gasteiger partial charge in [0.25, 0.3) is 5.56 Å². The molecule has 0 radical (unpaired) electrons. The number of benzene rings is 2. The van der Waals surface area contributed by atoms with Gasteiger partial charge in [0.05, 0.1) is 25.3 Å². The largest absolute Gasteiger partial charge is 0.490 e. The molecule has 0 aliphatic carbocycles. The lowest BCUT2D eigenvalue weighted by Gasteiger charge is -2.15. The Labute approximate surface area is 225 Å². The number of methoxy groups -OCH3 is 1. The summed E-state index contributed by atoms with van der Waals surface area (Å²) in [7, 11) is 1.67. The van der Waals surface area contributed by atoms with E-state index >= 15 is 0 Å². The fourth-order valence-corrected chi connectivity index (χ4v) is 5.86. The fraction of sp³-hybridized carbons (Fsp3) is 0.300. The third-order valence-electron chi connectivity index (χ3n) is 6.32. The summed E-state index contributed by atoms with van der Waals surface area (Å²) in [6.45, 7) is 7.87. The minimum atomic E-state index is -0.0613. The molecule has 0 atom stereocenters. The number of pyridine rings is 1. The number of hydrogen-bond acceptors (Lipinski definition) is 7. The van der Waals surface area contributed by atoms with Gasteiger partial charge in [0, 0.05) is 30.3 Å². The first-order valence-corrected chi connectivity index (χ1v) is 13.6. The van der Waals surface area contributed by atoms with Crippen LogP contribution in [-0.4, -0.2) is 34.9 Å². The second-order valence-corrected chi connectivity index (χ2v) is 9.97. The molecule has 3 heterocycles. The van der Waals surface area contributed by atoms with Crippen molar-refractivity contribution in [3.63, 3.8) is 0 Å². The van der Waals surface area contributed by atoms with Crippen molar-refractivity contribution >= 4 is 31.8 Å². The van der Waals surface area contributed by atoms with Gasteiger partial charge in [-0.1, -0.05) is 36.4 Å². The van der Waals surface area contributed by atoms with Crippen molar-refractivity contribution in [1.82, 2.24) is 14.5 Å². The third-order valence-corrected chi connectivity index (χ3v) is 7.38. The highest BCUT2D eigenvalue weighted by molar-refractivity contribution is 7.25. The first kappa shape index (κ1) is 25.9. The predicted octanol–water partition coefficient (Wildman–Crippen LogP) is 6.17. The summed E-state index contributed by atoms with van der Waals surface area (Å²) in [5.41, 5.74) is 4.45. The van der Waals surface area contributed by atoms with E-state index in [4.69, 9.17) is 24.2 Å². The summed E-state index contributed by atoms with van der Waals surface area (Å²) >= 11 is 1.40. The van der Waals surface area contributed by atoms with Crippen LogP contribution in [0, 0.1) is 6.92 Å². The van der Waals surface area contributed by atoms with Gasteiger partial charge in [-0.25, -0.2) is 9.97 Å². The zero-order chi connectivity index (χ0) is 26.6. The van der Waals surface area contributed by atoms with Crippen molar-refractivity contribution in [2.24, 2.45) is 0 Å². The van der Waals surface area contributed by atoms with E-state index in [2.05, 4.69) is 0 Å². The fourth-order valence-electron chi connectivity index (χ4n) is 4.71. The van der Waals surface area contributed by atoms with E-state index in [0.29, 0.717) is 54.6 Å². The molecule has 0 saturated heterocycles. The highest BCUT2D eigenvalue weighted by Gasteiger charge is 2.20. The number of ether oxygens (including phenoxy) is 3. The summed E-state index contributed by atoms with van der Waals surface area (Å²) < 4.78 is 19.4. The molecule has 0 N–H and O–H groups in total. The van der Waals surface area contributed by atoms with Crippen molar-refractivity contribution < 1.29 is 14.2 Å². The SMILES string of the molecule is CCOc1ccc(CCn2c(-c3ccccc3)nc3c(sc4nc(C)cc(COC)c43)c2=O)cc1OCC. The highest BCUT2D eigenvalue weighted by Crippen LogP contribution is 2.34. The zero-order valence-corrected chi connectivity index (χ0v) is 22.9. The first-order valence-electron chi connectivity index (χ1n) is 12.8. The van der Waals surface area contributed by atoms with Crippen molar-refractivity contribution in [3.8, 4) is 22.9 Å². The van der Waals surface area contributed by atoms with Gasteiger partial charge in [0.15, 0.2) is 11.5 Å². The van der Waals surface area contributed by atoms with Crippen molar-refractivity contribution in [3.05, 3.63) is 81.8 Å². The Hall–Kier alpha value is -3.75. The molecule has 0 aliphatic heterocycles. The van der Waals surface area contributed by atoms with Crippen LogP contribution in [0.4, 0.5) is 0 Å². The molecule has 8 heteroatoms. The van der Waals surface area contributed by atoms with Gasteiger partial charge in [-0.3, -0.25) is 9.36 Å². The number of fused-ring (bicyclic) bond motifs is 3. The third kappa shape index (κ3) is 5.01. The van der Waals surface area contributed by atoms with Gasteiger partial charge < -0.3 is 14.2 Å². The lowest BCUT2D eigenvalue weighted by molar-refractivity contribution is 0.186. The first-order chi connectivity index (χ1) is 18.5. The lowest BCUT2D eigenvalue weighted by atomic mass is 10.1. The Morgan fingerprint density at radius 1 is 0.947 bits per heavy atom. The van der Waals surface area contributed by atoms with Crippen LogP contribution in [0.15, 0.2) is 59.4 Å². The number of rotatable bonds is 10. The molecule has 7 nitrogen and oxygen atoms in total. The lowest BCUT2D eigenvalue weighted by Crippen LogP contribution is -2.23. The molecule has 0 unspecified atom stereocenters. The van der Waals surface area contributed by atoms with E-state index in [1.807, 2.05) is 75.4 Å². The van der Waals surface area contributed by atoms with Gasteiger partial charge in [0.2, 0.25) is 0 Å². The normalized spacial score (nSPS) is 11.4. The highest BCUT2D eigenvalue weighted by atomic mass is 32.1. The minimum absolute atomic E-state index is 0.0613. The Kier molecular flexibility index (Phi) is 7.72. The number of thiophene rings is 1. The molecule has 0 amide bonds. The van der Waals surface area contributed by atoms with Crippen LogP contribution in [-0.2, 0) is 24.3 Å². The molecule has 3 aromatic heterocycles. The molecular weight excluding hydrogens is 498 g/mol. The standard InChI is InChI=1S/C30H31N3O4S/c1-5-36-23-13-12-20(17-24(23)37-6-2)14-15-33-28(21-10-8-7-9-11-21)32-26-25-22(18-35-4)16-19(3)31-29(25)38-27(26)30(33)34/h7-13,16-17H,5-6,14-15,18H2,1-4H3. The molecule has 38 heavy (non-hydrogen) atoms. The Morgan fingerprint density at radius 3 is 2.45 bits per heavy atom. The number of aromatic nitrogens is 3. The van der Waals surface area contributed by atoms with Crippen molar-refractivity contribution in [2.75, 3.05) is 20.3 Å². The zero-order valence-electron chi connectivity index (χ0n) is 22.1. The van der Waals surface area contributed by atoms with E-state index in [0.717, 1.165) is 38.4 Å². The molecule has 2 aromatic carbocycles. The summed E-state index contributed by atoms with van der Waals surface area (Å²) in [6, 6.07) is 17.8. The molecular formula is C30H31N3O4S. The monoisotopic (exact) mass is 529 g/mol. The van der Waals surface area contributed by atoms with Gasteiger partial charge in [-0.05, 0) is 56.5 Å². The minimum Gasteiger partial charge on any atom is -0.490 e. The van der Waals surface area contributed by atoms with E-state index in [-0.39, 0.29) is 5.56 Å². The average Bonchev–Trinajstić information content (AvgIpc) is 3.29. The summed E-state index contributed by atoms with van der Waals surface area (Å²) in [4.78, 5) is 24.6. The second-order valence-electron chi connectivity index (χ2n) is 8.97. The van der Waals surface area contributed by atoms with Crippen LogP contribution < -0.4 is 15.0 Å². The maximum Gasteiger partial charge on any atom is 0.271 e. The Balaban J connectivity index is 1.64. The number of hydrogen-bond donors (Lipinski definition) is 0. The topological polar surface area (TPSA) is 75.5 Å². The molecule has 0 saturated carbocycles. The van der Waals surface area contributed by atoms with Gasteiger partial charge in [0.1, 0.15) is 15.4 Å². The molecule has 0 spiro atoms. The van der Waals surface area contributed by atoms with Gasteiger partial charge >= 0.3 is 0 Å². The van der Waals surface area contributed by atoms with E-state index in [9.17, 15) is 4.79 Å². The van der Waals surface area contributed by atoms with Crippen LogP contribution >= 0.6 is 11.3 Å². The molecule has 0 aliphatic rings. The van der Waals surface area contributed by atoms with Crippen LogP contribution in [0.25, 0.3) is 31.8 Å². The predicted molar refractivity (Wildman–Crippen MR) is 153 cm³/mol. The maximum atomic E-state index is 14.0. The van der Waals surface area contributed by atoms with Crippen LogP contribution in [0.3, 0.4) is 0 Å². The van der Waals surface area contributed by atoms with E-state index < -0.39 is 0 Å². The summed E-state index contributed by atoms with van der Waals surface area (Å²) in [5.74, 6) is 2.08. The summed E-state index contributed by atoms with van der Waals surface area (Å²) in [6.07, 6.45) is 0.636. The molecule has 0 bridgehead atoms. The Morgan fingerprint density at radius 2 is 1.71 bits per heavy atom. The van der Waals surface area contributed by atoms with E-state index in [1.54, 1.807) is 11.7 Å². The molecule has 0 fully saturated rings. The summed E-state index contributed by atoms with van der Waals surface area (Å²) in [5, 5.41) is 0.895. The van der Waals surface area contributed by atoms with Gasteiger partial charge in [-0.2, -0.15) is 0 Å². The van der Waals surface area contributed by atoms with Crippen LogP contribution in [0.1, 0.15) is 30.7 Å². The van der Waals surface area contributed by atoms with Crippen LogP contribution in [0.5, 0.6) is 11.5 Å². The van der Waals surface area contributed by atoms with Gasteiger partial charge in [-0.15, -0.1) is 11.3 Å². The van der Waals surface area contributed by atoms with Crippen molar-refractivity contribution in [2.45, 2.75) is 40.3 Å². The molecule has 196 valence electrons. The van der Waals surface area contributed by atoms with Crippen molar-refractivity contribution in [1.29, 1.82) is 0 Å². The quantitative estimate of drug-likeness (QED) is 0.215. The molecule has 5 rings (SSSR count). The van der Waals surface area contributed by atoms with E-state index in [1.165, 1.54) is 11.3 Å². The Bertz CT molecular complexity index is 1640. The smallest absolute Gasteiger partial charge is 0.271 e. The molecule has 5 aromatic rings.